The lowest BCUT2D eigenvalue weighted by atomic mass is 10.1. The first-order valence-electron chi connectivity index (χ1n) is 14.2. The molecule has 0 aliphatic heterocycles. The molecule has 0 heterocycles. The molecule has 10 nitrogen and oxygen atoms in total. The van der Waals surface area contributed by atoms with Gasteiger partial charge in [-0.2, -0.15) is 0 Å². The van der Waals surface area contributed by atoms with Gasteiger partial charge in [0, 0.05) is 52.2 Å². The van der Waals surface area contributed by atoms with Crippen LogP contribution >= 0.6 is 0 Å². The summed E-state index contributed by atoms with van der Waals surface area (Å²) in [5.74, 6) is 1.26. The number of halogens is 2. The van der Waals surface area contributed by atoms with Gasteiger partial charge in [-0.05, 0) is 37.1 Å². The van der Waals surface area contributed by atoms with Crippen molar-refractivity contribution in [1.82, 2.24) is 9.80 Å². The lowest BCUT2D eigenvalue weighted by Crippen LogP contribution is -3.00. The van der Waals surface area contributed by atoms with Crippen LogP contribution in [0.5, 0.6) is 11.5 Å². The highest BCUT2D eigenvalue weighted by atomic mass is 79.9. The maximum atomic E-state index is 12.8. The second-order valence-electron chi connectivity index (χ2n) is 12.5. The minimum atomic E-state index is -0.448. The van der Waals surface area contributed by atoms with Crippen molar-refractivity contribution in [2.24, 2.45) is 0 Å². The van der Waals surface area contributed by atoms with Crippen molar-refractivity contribution in [2.75, 3.05) is 69.5 Å². The normalized spacial score (nSPS) is 11.0. The van der Waals surface area contributed by atoms with E-state index in [-0.39, 0.29) is 45.5 Å². The summed E-state index contributed by atoms with van der Waals surface area (Å²) >= 11 is 0. The number of likely N-dealkylation sites (N-methyl/N-ethyl adjacent to an activating group) is 2. The number of quaternary nitrogens is 2. The Morgan fingerprint density at radius 1 is 0.591 bits per heavy atom. The van der Waals surface area contributed by atoms with Crippen LogP contribution in [0.15, 0.2) is 48.5 Å². The van der Waals surface area contributed by atoms with Gasteiger partial charge in [-0.3, -0.25) is 9.59 Å². The minimum Gasteiger partial charge on any atom is -1.00 e. The molecule has 0 bridgehead atoms. The smallest absolute Gasteiger partial charge is 0.414 e. The number of benzene rings is 2. The van der Waals surface area contributed by atoms with E-state index < -0.39 is 12.2 Å². The van der Waals surface area contributed by atoms with Gasteiger partial charge in [-0.15, -0.1) is 0 Å². The van der Waals surface area contributed by atoms with E-state index in [0.717, 1.165) is 11.1 Å². The van der Waals surface area contributed by atoms with Crippen LogP contribution in [0.25, 0.3) is 0 Å². The summed E-state index contributed by atoms with van der Waals surface area (Å²) < 4.78 is 11.8. The topological polar surface area (TPSA) is 93.2 Å². The van der Waals surface area contributed by atoms with E-state index in [4.69, 9.17) is 9.47 Å². The zero-order chi connectivity index (χ0) is 31.5. The van der Waals surface area contributed by atoms with Crippen LogP contribution in [0.1, 0.15) is 36.8 Å². The molecule has 0 aromatic heterocycles. The molecule has 2 aromatic carbocycles. The highest BCUT2D eigenvalue weighted by Crippen LogP contribution is 2.24. The molecular formula is C32H48Br2N4O6. The quantitative estimate of drug-likeness (QED) is 0.161. The highest BCUT2D eigenvalue weighted by Gasteiger charge is 2.25. The first-order valence-corrected chi connectivity index (χ1v) is 14.2. The Balaban J connectivity index is 0.00000924. The summed E-state index contributed by atoms with van der Waals surface area (Å²) in [5, 5.41) is 0. The number of hydrogen-bond acceptors (Lipinski definition) is 6. The van der Waals surface area contributed by atoms with Gasteiger partial charge in [-0.1, -0.05) is 24.3 Å². The second-order valence-corrected chi connectivity index (χ2v) is 12.5. The lowest BCUT2D eigenvalue weighted by molar-refractivity contribution is -0.895. The van der Waals surface area contributed by atoms with Crippen molar-refractivity contribution >= 4 is 23.8 Å². The van der Waals surface area contributed by atoms with Gasteiger partial charge in [0.05, 0.1) is 28.2 Å². The van der Waals surface area contributed by atoms with E-state index in [9.17, 15) is 19.2 Å². The van der Waals surface area contributed by atoms with Crippen LogP contribution in [0.4, 0.5) is 9.59 Å². The number of hydrogen-bond donors (Lipinski definition) is 0. The Hall–Kier alpha value is -2.80. The second kappa shape index (κ2) is 18.9. The molecule has 0 atom stereocenters. The van der Waals surface area contributed by atoms with Gasteiger partial charge in [-0.25, -0.2) is 9.59 Å². The van der Waals surface area contributed by atoms with E-state index in [2.05, 4.69) is 0 Å². The van der Waals surface area contributed by atoms with Crippen LogP contribution < -0.4 is 43.4 Å². The Bertz CT molecular complexity index is 1160. The standard InChI is InChI=1S/C32H48N4O6.2BrH/c1-33(2)31(39)41-29-19-13-9-15-25(29)21-35(5,6)23-27(37)17-11-12-18-28(38)24-36(7,8)22-26-16-10-14-20-30(26)42-32(40)34(3)4;;/h9-10,13-16,19-20H,11-12,17-18,21-24H2,1-8H3;2*1H/q+2;;/p-2. The van der Waals surface area contributed by atoms with Gasteiger partial charge in [0.25, 0.3) is 0 Å². The third-order valence-corrected chi connectivity index (χ3v) is 6.64. The number of Topliss-reactive ketones (excluding diaryl/α,β-unsaturated/α-hetero) is 2. The average molecular weight is 745 g/mol. The van der Waals surface area contributed by atoms with Gasteiger partial charge >= 0.3 is 12.2 Å². The zero-order valence-electron chi connectivity index (χ0n) is 27.3. The van der Waals surface area contributed by atoms with Crippen LogP contribution in [-0.4, -0.2) is 112 Å². The molecular weight excluding hydrogens is 696 g/mol. The number of rotatable bonds is 15. The van der Waals surface area contributed by atoms with Crippen molar-refractivity contribution in [3.8, 4) is 11.5 Å². The Morgan fingerprint density at radius 2 is 0.909 bits per heavy atom. The lowest BCUT2D eigenvalue weighted by Gasteiger charge is -2.30. The SMILES string of the molecule is CN(C)C(=O)Oc1ccccc1C[N+](C)(C)CC(=O)CCCCC(=O)C[N+](C)(C)Cc1ccccc1OC(=O)N(C)C.[Br-].[Br-]. The van der Waals surface area contributed by atoms with E-state index in [0.29, 0.717) is 72.3 Å². The number of nitrogens with zero attached hydrogens (tertiary/aromatic N) is 4. The maximum Gasteiger partial charge on any atom is 0.414 e. The van der Waals surface area contributed by atoms with Crippen molar-refractivity contribution in [3.63, 3.8) is 0 Å². The van der Waals surface area contributed by atoms with Crippen molar-refractivity contribution in [2.45, 2.75) is 38.8 Å². The number of carbonyl (C=O) groups is 4. The number of carbonyl (C=O) groups excluding carboxylic acids is 4. The summed E-state index contributed by atoms with van der Waals surface area (Å²) in [4.78, 5) is 52.4. The van der Waals surface area contributed by atoms with E-state index in [1.54, 1.807) is 40.3 Å². The fraction of sp³-hybridized carbons (Fsp3) is 0.500. The molecule has 0 saturated heterocycles. The number of amides is 2. The first-order chi connectivity index (χ1) is 19.6. The average Bonchev–Trinajstić information content (AvgIpc) is 2.87. The van der Waals surface area contributed by atoms with Gasteiger partial charge < -0.3 is 62.2 Å². The molecule has 0 unspecified atom stereocenters. The molecule has 44 heavy (non-hydrogen) atoms. The van der Waals surface area contributed by atoms with Gasteiger partial charge in [0.15, 0.2) is 11.6 Å². The van der Waals surface area contributed by atoms with E-state index in [1.165, 1.54) is 9.80 Å². The number of ether oxygens (including phenoxy) is 2. The molecule has 12 heteroatoms. The van der Waals surface area contributed by atoms with E-state index in [1.807, 2.05) is 64.6 Å². The minimum absolute atomic E-state index is 0. The fourth-order valence-electron chi connectivity index (χ4n) is 4.63. The fourth-order valence-corrected chi connectivity index (χ4v) is 4.63. The van der Waals surface area contributed by atoms with Crippen LogP contribution in [-0.2, 0) is 22.7 Å². The predicted molar refractivity (Wildman–Crippen MR) is 162 cm³/mol. The molecule has 0 N–H and O–H groups in total. The monoisotopic (exact) mass is 742 g/mol. The first kappa shape index (κ1) is 41.2. The molecule has 2 amide bonds. The number of para-hydroxylation sites is 2. The molecule has 0 fully saturated rings. The highest BCUT2D eigenvalue weighted by molar-refractivity contribution is 5.80. The van der Waals surface area contributed by atoms with Crippen LogP contribution in [0, 0.1) is 0 Å². The molecule has 2 rings (SSSR count). The third-order valence-electron chi connectivity index (χ3n) is 6.64. The summed E-state index contributed by atoms with van der Waals surface area (Å²) in [6.07, 6.45) is 1.23. The van der Waals surface area contributed by atoms with Crippen molar-refractivity contribution in [3.05, 3.63) is 59.7 Å². The molecule has 0 spiro atoms. The van der Waals surface area contributed by atoms with Crippen molar-refractivity contribution in [1.29, 1.82) is 0 Å². The molecule has 0 saturated carbocycles. The maximum absolute atomic E-state index is 12.8. The van der Waals surface area contributed by atoms with Crippen LogP contribution in [0.2, 0.25) is 0 Å². The largest absolute Gasteiger partial charge is 1.00 e. The predicted octanol–water partition coefficient (Wildman–Crippen LogP) is -1.63. The Morgan fingerprint density at radius 3 is 1.23 bits per heavy atom. The molecule has 0 aliphatic carbocycles. The summed E-state index contributed by atoms with van der Waals surface area (Å²) in [5.41, 5.74) is 1.71. The van der Waals surface area contributed by atoms with Crippen molar-refractivity contribution < 1.29 is 71.6 Å². The molecule has 0 aliphatic rings. The molecule has 0 radical (unpaired) electrons. The summed E-state index contributed by atoms with van der Waals surface area (Å²) in [6, 6.07) is 14.7. The number of ketones is 2. The zero-order valence-corrected chi connectivity index (χ0v) is 30.4. The Kier molecular flexibility index (Phi) is 17.7. The summed E-state index contributed by atoms with van der Waals surface area (Å²) in [6.45, 7) is 1.74. The Labute approximate surface area is 283 Å². The van der Waals surface area contributed by atoms with Gasteiger partial charge in [0.2, 0.25) is 0 Å². The van der Waals surface area contributed by atoms with Gasteiger partial charge in [0.1, 0.15) is 37.7 Å². The number of unbranched alkanes of at least 4 members (excludes halogenated alkanes) is 1. The van der Waals surface area contributed by atoms with E-state index >= 15 is 0 Å². The molecule has 246 valence electrons. The molecule has 2 aromatic rings. The van der Waals surface area contributed by atoms with Crippen LogP contribution in [0.3, 0.4) is 0 Å². The third kappa shape index (κ3) is 14.8. The summed E-state index contributed by atoms with van der Waals surface area (Å²) in [7, 11) is 14.4.